The van der Waals surface area contributed by atoms with Gasteiger partial charge in [0.15, 0.2) is 0 Å². The zero-order valence-electron chi connectivity index (χ0n) is 12.4. The highest BCUT2D eigenvalue weighted by Gasteiger charge is 2.28. The normalized spacial score (nSPS) is 23.5. The van der Waals surface area contributed by atoms with Gasteiger partial charge in [-0.3, -0.25) is 4.90 Å². The maximum atomic E-state index is 5.93. The van der Waals surface area contributed by atoms with Gasteiger partial charge in [-0.1, -0.05) is 6.92 Å². The summed E-state index contributed by atoms with van der Waals surface area (Å²) < 4.78 is 11.5. The van der Waals surface area contributed by atoms with Gasteiger partial charge in [0.2, 0.25) is 0 Å². The van der Waals surface area contributed by atoms with Crippen molar-refractivity contribution < 1.29 is 9.47 Å². The largest absolute Gasteiger partial charge is 0.380 e. The maximum absolute atomic E-state index is 5.93. The molecule has 0 aromatic rings. The van der Waals surface area contributed by atoms with E-state index < -0.39 is 0 Å². The molecule has 0 aliphatic carbocycles. The number of ether oxygens (including phenoxy) is 2. The van der Waals surface area contributed by atoms with Crippen LogP contribution < -0.4 is 5.32 Å². The van der Waals surface area contributed by atoms with Gasteiger partial charge >= 0.3 is 0 Å². The minimum atomic E-state index is 0.249. The molecule has 1 rings (SSSR count). The fraction of sp³-hybridized carbons (Fsp3) is 1.00. The van der Waals surface area contributed by atoms with E-state index in [1.165, 1.54) is 0 Å². The Morgan fingerprint density at radius 3 is 2.78 bits per heavy atom. The van der Waals surface area contributed by atoms with Crippen LogP contribution in [0.15, 0.2) is 0 Å². The van der Waals surface area contributed by atoms with Gasteiger partial charge in [0.25, 0.3) is 0 Å². The quantitative estimate of drug-likeness (QED) is 0.715. The van der Waals surface area contributed by atoms with Crippen LogP contribution >= 0.6 is 0 Å². The van der Waals surface area contributed by atoms with Crippen molar-refractivity contribution >= 4 is 0 Å². The van der Waals surface area contributed by atoms with Gasteiger partial charge in [0.1, 0.15) is 0 Å². The Kier molecular flexibility index (Phi) is 7.82. The van der Waals surface area contributed by atoms with E-state index >= 15 is 0 Å². The second-order valence-corrected chi connectivity index (χ2v) is 5.22. The average molecular weight is 258 g/mol. The first kappa shape index (κ1) is 15.9. The second-order valence-electron chi connectivity index (χ2n) is 5.22. The molecule has 0 bridgehead atoms. The molecule has 1 fully saturated rings. The molecule has 18 heavy (non-hydrogen) atoms. The number of hydrogen-bond donors (Lipinski definition) is 1. The van der Waals surface area contributed by atoms with Crippen LogP contribution in [0.5, 0.6) is 0 Å². The summed E-state index contributed by atoms with van der Waals surface area (Å²) in [6.45, 7) is 14.1. The van der Waals surface area contributed by atoms with Crippen molar-refractivity contribution in [1.29, 1.82) is 0 Å². The second kappa shape index (κ2) is 8.86. The van der Waals surface area contributed by atoms with Crippen LogP contribution in [0.4, 0.5) is 0 Å². The van der Waals surface area contributed by atoms with E-state index in [1.54, 1.807) is 0 Å². The molecule has 4 nitrogen and oxygen atoms in total. The maximum Gasteiger partial charge on any atom is 0.0877 e. The van der Waals surface area contributed by atoms with Gasteiger partial charge in [-0.05, 0) is 33.7 Å². The minimum absolute atomic E-state index is 0.249. The van der Waals surface area contributed by atoms with Crippen LogP contribution in [0.2, 0.25) is 0 Å². The number of nitrogens with zero attached hydrogens (tertiary/aromatic N) is 1. The molecule has 4 heteroatoms. The van der Waals surface area contributed by atoms with Crippen molar-refractivity contribution in [2.45, 2.75) is 52.3 Å². The summed E-state index contributed by atoms with van der Waals surface area (Å²) in [6.07, 6.45) is 1.39. The van der Waals surface area contributed by atoms with Crippen molar-refractivity contribution in [2.75, 3.05) is 39.5 Å². The Balaban J connectivity index is 2.48. The van der Waals surface area contributed by atoms with Gasteiger partial charge in [-0.25, -0.2) is 0 Å². The molecule has 0 amide bonds. The van der Waals surface area contributed by atoms with Crippen molar-refractivity contribution in [3.63, 3.8) is 0 Å². The molecule has 0 saturated carbocycles. The van der Waals surface area contributed by atoms with Crippen LogP contribution in [0.3, 0.4) is 0 Å². The lowest BCUT2D eigenvalue weighted by Crippen LogP contribution is -2.55. The first-order valence-corrected chi connectivity index (χ1v) is 7.35. The SMILES string of the molecule is CCCNC(COCC)C1CN(C(C)C)CCO1. The third-order valence-corrected chi connectivity index (χ3v) is 3.46. The topological polar surface area (TPSA) is 33.7 Å². The van der Waals surface area contributed by atoms with Gasteiger partial charge < -0.3 is 14.8 Å². The number of morpholine rings is 1. The molecule has 0 spiro atoms. The molecule has 1 N–H and O–H groups in total. The number of nitrogens with one attached hydrogen (secondary N) is 1. The zero-order chi connectivity index (χ0) is 13.4. The first-order chi connectivity index (χ1) is 8.69. The predicted octanol–water partition coefficient (Wildman–Crippen LogP) is 1.50. The smallest absolute Gasteiger partial charge is 0.0877 e. The molecule has 1 saturated heterocycles. The highest BCUT2D eigenvalue weighted by molar-refractivity contribution is 4.84. The Labute approximate surface area is 112 Å². The lowest BCUT2D eigenvalue weighted by Gasteiger charge is -2.39. The van der Waals surface area contributed by atoms with E-state index in [-0.39, 0.29) is 6.10 Å². The van der Waals surface area contributed by atoms with E-state index in [2.05, 4.69) is 31.0 Å². The van der Waals surface area contributed by atoms with E-state index in [0.29, 0.717) is 12.1 Å². The van der Waals surface area contributed by atoms with Crippen LogP contribution in [-0.4, -0.2) is 62.5 Å². The molecule has 108 valence electrons. The van der Waals surface area contributed by atoms with Gasteiger partial charge in [0.05, 0.1) is 25.4 Å². The van der Waals surface area contributed by atoms with Crippen molar-refractivity contribution in [1.82, 2.24) is 10.2 Å². The molecule has 1 aliphatic rings. The van der Waals surface area contributed by atoms with Crippen LogP contribution in [-0.2, 0) is 9.47 Å². The van der Waals surface area contributed by atoms with Gasteiger partial charge in [0, 0.05) is 25.7 Å². The summed E-state index contributed by atoms with van der Waals surface area (Å²) >= 11 is 0. The Bertz CT molecular complexity index is 204. The summed E-state index contributed by atoms with van der Waals surface area (Å²) in [7, 11) is 0. The fourth-order valence-electron chi connectivity index (χ4n) is 2.28. The van der Waals surface area contributed by atoms with E-state index in [0.717, 1.165) is 45.9 Å². The van der Waals surface area contributed by atoms with E-state index in [1.807, 2.05) is 6.92 Å². The van der Waals surface area contributed by atoms with E-state index in [9.17, 15) is 0 Å². The Morgan fingerprint density at radius 1 is 1.39 bits per heavy atom. The van der Waals surface area contributed by atoms with Crippen LogP contribution in [0.1, 0.15) is 34.1 Å². The van der Waals surface area contributed by atoms with Crippen molar-refractivity contribution in [2.24, 2.45) is 0 Å². The summed E-state index contributed by atoms with van der Waals surface area (Å²) in [5.41, 5.74) is 0. The van der Waals surface area contributed by atoms with Crippen molar-refractivity contribution in [3.8, 4) is 0 Å². The van der Waals surface area contributed by atoms with Crippen molar-refractivity contribution in [3.05, 3.63) is 0 Å². The molecule has 0 aromatic carbocycles. The molecule has 1 heterocycles. The minimum Gasteiger partial charge on any atom is -0.380 e. The van der Waals surface area contributed by atoms with Crippen LogP contribution in [0.25, 0.3) is 0 Å². The Hall–Kier alpha value is -0.160. The molecular weight excluding hydrogens is 228 g/mol. The van der Waals surface area contributed by atoms with E-state index in [4.69, 9.17) is 9.47 Å². The van der Waals surface area contributed by atoms with Crippen LogP contribution in [0, 0.1) is 0 Å². The average Bonchev–Trinajstić information content (AvgIpc) is 2.39. The molecular formula is C14H30N2O2. The third-order valence-electron chi connectivity index (χ3n) is 3.46. The monoisotopic (exact) mass is 258 g/mol. The number of rotatable bonds is 8. The summed E-state index contributed by atoms with van der Waals surface area (Å²) in [4.78, 5) is 2.49. The van der Waals surface area contributed by atoms with Gasteiger partial charge in [-0.2, -0.15) is 0 Å². The standard InChI is InChI=1S/C14H30N2O2/c1-5-7-15-13(11-17-6-2)14-10-16(12(3)4)8-9-18-14/h12-15H,5-11H2,1-4H3. The molecule has 2 atom stereocenters. The summed E-state index contributed by atoms with van der Waals surface area (Å²) in [5, 5.41) is 3.56. The van der Waals surface area contributed by atoms with Gasteiger partial charge in [-0.15, -0.1) is 0 Å². The third kappa shape index (κ3) is 5.22. The highest BCUT2D eigenvalue weighted by Crippen LogP contribution is 2.12. The first-order valence-electron chi connectivity index (χ1n) is 7.35. The molecule has 0 radical (unpaired) electrons. The predicted molar refractivity (Wildman–Crippen MR) is 75.0 cm³/mol. The summed E-state index contributed by atoms with van der Waals surface area (Å²) in [6, 6.07) is 0.904. The fourth-order valence-corrected chi connectivity index (χ4v) is 2.28. The zero-order valence-corrected chi connectivity index (χ0v) is 12.4. The number of hydrogen-bond acceptors (Lipinski definition) is 4. The lowest BCUT2D eigenvalue weighted by molar-refractivity contribution is -0.0682. The summed E-state index contributed by atoms with van der Waals surface area (Å²) in [5.74, 6) is 0. The molecule has 0 aromatic heterocycles. The molecule has 2 unspecified atom stereocenters. The highest BCUT2D eigenvalue weighted by atomic mass is 16.5. The Morgan fingerprint density at radius 2 is 2.17 bits per heavy atom. The molecule has 1 aliphatic heterocycles. The lowest BCUT2D eigenvalue weighted by atomic mass is 10.1.